The van der Waals surface area contributed by atoms with Gasteiger partial charge < -0.3 is 15.4 Å². The minimum absolute atomic E-state index is 0. The van der Waals surface area contributed by atoms with E-state index in [0.717, 1.165) is 62.0 Å². The highest BCUT2D eigenvalue weighted by atomic mass is 127. The maximum Gasteiger partial charge on any atom is 0.305 e. The first-order valence-corrected chi connectivity index (χ1v) is 9.40. The number of nitrogens with one attached hydrogen (secondary N) is 2. The average molecular weight is 482 g/mol. The second-order valence-electron chi connectivity index (χ2n) is 5.57. The Morgan fingerprint density at radius 2 is 2.00 bits per heavy atom. The van der Waals surface area contributed by atoms with Crippen LogP contribution >= 0.6 is 35.3 Å². The largest absolute Gasteiger partial charge is 0.469 e. The number of methoxy groups -OCH3 is 1. The summed E-state index contributed by atoms with van der Waals surface area (Å²) in [5, 5.41) is 7.76. The number of carbonyl (C=O) groups is 1. The quantitative estimate of drug-likeness (QED) is 0.176. The topological polar surface area (TPSA) is 75.6 Å². The van der Waals surface area contributed by atoms with Crippen molar-refractivity contribution in [3.8, 4) is 0 Å². The molecule has 8 heteroatoms. The van der Waals surface area contributed by atoms with Crippen LogP contribution in [0, 0.1) is 13.8 Å². The molecule has 1 heterocycles. The van der Waals surface area contributed by atoms with Gasteiger partial charge in [-0.15, -0.1) is 35.3 Å². The second-order valence-corrected chi connectivity index (χ2v) is 6.86. The van der Waals surface area contributed by atoms with Crippen LogP contribution in [-0.2, 0) is 16.0 Å². The molecule has 0 fully saturated rings. The predicted molar refractivity (Wildman–Crippen MR) is 115 cm³/mol. The fraction of sp³-hybridized carbons (Fsp3) is 0.706. The highest BCUT2D eigenvalue weighted by molar-refractivity contribution is 14.0. The van der Waals surface area contributed by atoms with Crippen LogP contribution in [0.1, 0.15) is 48.2 Å². The van der Waals surface area contributed by atoms with Crippen molar-refractivity contribution in [2.24, 2.45) is 4.99 Å². The van der Waals surface area contributed by atoms with E-state index in [2.05, 4.69) is 46.1 Å². The molecule has 0 spiro atoms. The summed E-state index contributed by atoms with van der Waals surface area (Å²) in [5.74, 6) is 0.705. The highest BCUT2D eigenvalue weighted by Crippen LogP contribution is 2.16. The first-order chi connectivity index (χ1) is 11.6. The van der Waals surface area contributed by atoms with Gasteiger partial charge in [-0.25, -0.2) is 4.98 Å². The lowest BCUT2D eigenvalue weighted by Gasteiger charge is -2.10. The minimum Gasteiger partial charge on any atom is -0.469 e. The Bertz CT molecular complexity index is 515. The molecule has 0 radical (unpaired) electrons. The Kier molecular flexibility index (Phi) is 13.8. The summed E-state index contributed by atoms with van der Waals surface area (Å²) in [6.45, 7) is 8.63. The van der Waals surface area contributed by atoms with Gasteiger partial charge in [0, 0.05) is 37.4 Å². The lowest BCUT2D eigenvalue weighted by atomic mass is 10.2. The second kappa shape index (κ2) is 14.3. The van der Waals surface area contributed by atoms with Crippen molar-refractivity contribution in [2.75, 3.05) is 26.7 Å². The molecule has 0 aliphatic carbocycles. The van der Waals surface area contributed by atoms with Gasteiger partial charge in [-0.05, 0) is 33.6 Å². The minimum atomic E-state index is -0.138. The first-order valence-electron chi connectivity index (χ1n) is 8.58. The SMILES string of the molecule is CCNC(=NCCCCCC(=O)OC)NCCc1nc(C)c(C)s1.I. The number of hydrogen-bond acceptors (Lipinski definition) is 5. The molecule has 1 aromatic rings. The summed E-state index contributed by atoms with van der Waals surface area (Å²) in [6.07, 6.45) is 4.21. The standard InChI is InChI=1S/C17H30N4O2S.HI/c1-5-18-17(19-11-8-6-7-9-16(22)23-4)20-12-10-15-21-13(2)14(3)24-15;/h5-12H2,1-4H3,(H2,18,19,20);1H. The van der Waals surface area contributed by atoms with Crippen LogP contribution in [0.25, 0.3) is 0 Å². The maximum atomic E-state index is 11.0. The van der Waals surface area contributed by atoms with Crippen LogP contribution < -0.4 is 10.6 Å². The Hall–Kier alpha value is -0.900. The van der Waals surface area contributed by atoms with Gasteiger partial charge in [-0.3, -0.25) is 9.79 Å². The third-order valence-electron chi connectivity index (χ3n) is 3.58. The molecular formula is C17H31IN4O2S. The number of ether oxygens (including phenoxy) is 1. The number of nitrogens with zero attached hydrogens (tertiary/aromatic N) is 2. The lowest BCUT2D eigenvalue weighted by molar-refractivity contribution is -0.140. The number of halogens is 1. The van der Waals surface area contributed by atoms with E-state index in [1.807, 2.05) is 0 Å². The van der Waals surface area contributed by atoms with Crippen molar-refractivity contribution < 1.29 is 9.53 Å². The molecule has 0 saturated carbocycles. The van der Waals surface area contributed by atoms with Crippen LogP contribution in [0.5, 0.6) is 0 Å². The van der Waals surface area contributed by atoms with Gasteiger partial charge >= 0.3 is 5.97 Å². The van der Waals surface area contributed by atoms with E-state index in [4.69, 9.17) is 0 Å². The van der Waals surface area contributed by atoms with Crippen molar-refractivity contribution in [1.29, 1.82) is 0 Å². The molecule has 25 heavy (non-hydrogen) atoms. The molecule has 0 amide bonds. The fourth-order valence-electron chi connectivity index (χ4n) is 2.13. The number of aryl methyl sites for hydroxylation is 2. The van der Waals surface area contributed by atoms with Gasteiger partial charge in [-0.1, -0.05) is 6.42 Å². The number of carbonyl (C=O) groups excluding carboxylic acids is 1. The number of guanidine groups is 1. The maximum absolute atomic E-state index is 11.0. The third-order valence-corrected chi connectivity index (χ3v) is 4.72. The van der Waals surface area contributed by atoms with Gasteiger partial charge in [0.25, 0.3) is 0 Å². The molecule has 2 N–H and O–H groups in total. The van der Waals surface area contributed by atoms with Crippen molar-refractivity contribution >= 4 is 47.2 Å². The zero-order valence-corrected chi connectivity index (χ0v) is 18.8. The molecule has 0 aromatic carbocycles. The molecule has 0 aliphatic heterocycles. The Morgan fingerprint density at radius 1 is 1.24 bits per heavy atom. The Labute approximate surface area is 172 Å². The van der Waals surface area contributed by atoms with E-state index >= 15 is 0 Å². The molecule has 1 rings (SSSR count). The van der Waals surface area contributed by atoms with Crippen LogP contribution in [0.2, 0.25) is 0 Å². The monoisotopic (exact) mass is 482 g/mol. The molecule has 0 unspecified atom stereocenters. The van der Waals surface area contributed by atoms with Crippen molar-refractivity contribution in [3.63, 3.8) is 0 Å². The van der Waals surface area contributed by atoms with Crippen molar-refractivity contribution in [1.82, 2.24) is 15.6 Å². The lowest BCUT2D eigenvalue weighted by Crippen LogP contribution is -2.38. The van der Waals surface area contributed by atoms with Crippen molar-refractivity contribution in [2.45, 2.75) is 52.9 Å². The number of rotatable bonds is 10. The van der Waals surface area contributed by atoms with E-state index < -0.39 is 0 Å². The molecule has 0 bridgehead atoms. The Balaban J connectivity index is 0.00000576. The van der Waals surface area contributed by atoms with Gasteiger partial charge in [0.15, 0.2) is 5.96 Å². The summed E-state index contributed by atoms with van der Waals surface area (Å²) in [5.41, 5.74) is 1.13. The van der Waals surface area contributed by atoms with Gasteiger partial charge in [0.2, 0.25) is 0 Å². The van der Waals surface area contributed by atoms with Gasteiger partial charge in [0.1, 0.15) is 0 Å². The number of esters is 1. The van der Waals surface area contributed by atoms with E-state index in [1.165, 1.54) is 12.0 Å². The molecular weight excluding hydrogens is 451 g/mol. The molecule has 6 nitrogen and oxygen atoms in total. The van der Waals surface area contributed by atoms with Gasteiger partial charge in [0.05, 0.1) is 17.8 Å². The van der Waals surface area contributed by atoms with Crippen molar-refractivity contribution in [3.05, 3.63) is 15.6 Å². The van der Waals surface area contributed by atoms with E-state index in [9.17, 15) is 4.79 Å². The molecule has 0 aliphatic rings. The molecule has 144 valence electrons. The number of hydrogen-bond donors (Lipinski definition) is 2. The summed E-state index contributed by atoms with van der Waals surface area (Å²) in [6, 6.07) is 0. The predicted octanol–water partition coefficient (Wildman–Crippen LogP) is 3.21. The zero-order chi connectivity index (χ0) is 17.8. The average Bonchev–Trinajstić information content (AvgIpc) is 2.88. The zero-order valence-electron chi connectivity index (χ0n) is 15.7. The number of aliphatic imine (C=N–C) groups is 1. The fourth-order valence-corrected chi connectivity index (χ4v) is 3.06. The number of aromatic nitrogens is 1. The summed E-state index contributed by atoms with van der Waals surface area (Å²) in [7, 11) is 1.43. The van der Waals surface area contributed by atoms with E-state index in [1.54, 1.807) is 11.3 Å². The van der Waals surface area contributed by atoms with Gasteiger partial charge in [-0.2, -0.15) is 0 Å². The van der Waals surface area contributed by atoms with Crippen LogP contribution in [-0.4, -0.2) is 43.7 Å². The number of thiazole rings is 1. The third kappa shape index (κ3) is 10.6. The summed E-state index contributed by atoms with van der Waals surface area (Å²) in [4.78, 5) is 21.4. The molecule has 0 saturated heterocycles. The Morgan fingerprint density at radius 3 is 2.60 bits per heavy atom. The molecule has 1 aromatic heterocycles. The summed E-state index contributed by atoms with van der Waals surface area (Å²) >= 11 is 1.76. The van der Waals surface area contributed by atoms with E-state index in [0.29, 0.717) is 6.42 Å². The van der Waals surface area contributed by atoms with E-state index in [-0.39, 0.29) is 29.9 Å². The smallest absolute Gasteiger partial charge is 0.305 e. The van der Waals surface area contributed by atoms with Crippen LogP contribution in [0.3, 0.4) is 0 Å². The summed E-state index contributed by atoms with van der Waals surface area (Å²) < 4.78 is 4.63. The van der Waals surface area contributed by atoms with Crippen LogP contribution in [0.4, 0.5) is 0 Å². The number of unbranched alkanes of at least 4 members (excludes halogenated alkanes) is 2. The van der Waals surface area contributed by atoms with Crippen LogP contribution in [0.15, 0.2) is 4.99 Å². The molecule has 0 atom stereocenters. The normalized spacial score (nSPS) is 11.0. The highest BCUT2D eigenvalue weighted by Gasteiger charge is 2.04. The first kappa shape index (κ1) is 24.1.